The number of unbranched alkanes of at least 4 members (excludes halogenated alkanes) is 3. The van der Waals surface area contributed by atoms with Crippen LogP contribution >= 0.6 is 0 Å². The second-order valence-corrected chi connectivity index (χ2v) is 19.4. The van der Waals surface area contributed by atoms with E-state index < -0.39 is 18.4 Å². The van der Waals surface area contributed by atoms with Crippen molar-refractivity contribution in [1.82, 2.24) is 0 Å². The number of benzene rings is 1. The molecule has 0 atom stereocenters. The summed E-state index contributed by atoms with van der Waals surface area (Å²) in [6, 6.07) is 8.94. The van der Waals surface area contributed by atoms with E-state index in [1.165, 1.54) is 57.6 Å². The average Bonchev–Trinajstić information content (AvgIpc) is 2.54. The quantitative estimate of drug-likeness (QED) is 0.432. The van der Waals surface area contributed by atoms with Crippen LogP contribution < -0.4 is 8.32 Å². The third-order valence-electron chi connectivity index (χ3n) is 4.70. The number of methoxy groups -OCH3 is 1. The maximum absolute atomic E-state index is 5.74. The van der Waals surface area contributed by atoms with Crippen molar-refractivity contribution < 1.29 is 4.74 Å². The van der Waals surface area contributed by atoms with Gasteiger partial charge in [-0.25, -0.2) is 0 Å². The van der Waals surface area contributed by atoms with Crippen molar-refractivity contribution in [2.24, 2.45) is 0 Å². The summed E-state index contributed by atoms with van der Waals surface area (Å²) in [4.78, 5) is 0. The van der Waals surface area contributed by atoms with Crippen LogP contribution in [0.25, 0.3) is 0 Å². The zero-order chi connectivity index (χ0) is 15.6. The summed E-state index contributed by atoms with van der Waals surface area (Å²) in [5.41, 5.74) is 0. The first-order chi connectivity index (χ1) is 10.2. The molecule has 0 saturated heterocycles. The van der Waals surface area contributed by atoms with Crippen LogP contribution in [-0.4, -0.2) is 25.5 Å². The fourth-order valence-electron chi connectivity index (χ4n) is 3.41. The molecule has 0 aliphatic rings. The predicted molar refractivity (Wildman–Crippen MR) is 97.5 cm³/mol. The van der Waals surface area contributed by atoms with Crippen LogP contribution in [0.3, 0.4) is 0 Å². The third kappa shape index (κ3) is 5.50. The zero-order valence-corrected chi connectivity index (χ0v) is 17.4. The normalized spacial score (nSPS) is 11.6. The van der Waals surface area contributed by atoms with Gasteiger partial charge in [-0.05, 0) is 0 Å². The van der Waals surface area contributed by atoms with Crippen LogP contribution in [0.4, 0.5) is 0 Å². The van der Waals surface area contributed by atoms with Crippen molar-refractivity contribution in [2.75, 3.05) is 7.11 Å². The van der Waals surface area contributed by atoms with Crippen LogP contribution in [0.15, 0.2) is 24.3 Å². The first-order valence-corrected chi connectivity index (χ1v) is 16.4. The molecule has 0 saturated carbocycles. The van der Waals surface area contributed by atoms with Gasteiger partial charge in [-0.3, -0.25) is 0 Å². The monoisotopic (exact) mass is 398 g/mol. The summed E-state index contributed by atoms with van der Waals surface area (Å²) in [6.45, 7) is 7.00. The van der Waals surface area contributed by atoms with Crippen molar-refractivity contribution in [1.29, 1.82) is 0 Å². The molecule has 0 aliphatic heterocycles. The van der Waals surface area contributed by atoms with E-state index in [9.17, 15) is 0 Å². The van der Waals surface area contributed by atoms with Gasteiger partial charge in [-0.1, -0.05) is 0 Å². The fraction of sp³-hybridized carbons (Fsp3) is 0.684. The van der Waals surface area contributed by atoms with Crippen LogP contribution in [0.2, 0.25) is 13.3 Å². The summed E-state index contributed by atoms with van der Waals surface area (Å²) in [7, 11) is 1.84. The Morgan fingerprint density at radius 3 is 1.71 bits per heavy atom. The standard InChI is InChI=1S/C7H7O.3C4H9.Sn/c1-8-7-5-3-2-4-6-7;3*1-3-4-2;/h2-5H,1H3;3*1,3-4H2,2H3;. The second kappa shape index (κ2) is 10.5. The van der Waals surface area contributed by atoms with E-state index in [1.807, 2.05) is 7.11 Å². The van der Waals surface area contributed by atoms with Crippen molar-refractivity contribution in [2.45, 2.75) is 72.6 Å². The molecular formula is C19H34OSn. The molecule has 0 amide bonds. The Bertz CT molecular complexity index is 367. The minimum atomic E-state index is -2.32. The maximum atomic E-state index is 5.74. The van der Waals surface area contributed by atoms with E-state index in [2.05, 4.69) is 45.0 Å². The van der Waals surface area contributed by atoms with E-state index in [0.29, 0.717) is 0 Å². The third-order valence-corrected chi connectivity index (χ3v) is 20.4. The summed E-state index contributed by atoms with van der Waals surface area (Å²) in [6.07, 6.45) is 8.19. The van der Waals surface area contributed by atoms with Crippen LogP contribution in [0, 0.1) is 0 Å². The SMILES string of the molecule is CCC[CH2][Sn]([CH2]CCC)([CH2]CCC)[c]1ccccc1OC. The van der Waals surface area contributed by atoms with Crippen molar-refractivity contribution in [3.05, 3.63) is 24.3 Å². The average molecular weight is 397 g/mol. The van der Waals surface area contributed by atoms with Gasteiger partial charge in [0.05, 0.1) is 0 Å². The molecule has 0 spiro atoms. The molecule has 0 bridgehead atoms. The van der Waals surface area contributed by atoms with Crippen molar-refractivity contribution >= 4 is 22.0 Å². The molecule has 0 fully saturated rings. The van der Waals surface area contributed by atoms with E-state index >= 15 is 0 Å². The Labute approximate surface area is 136 Å². The van der Waals surface area contributed by atoms with E-state index in [-0.39, 0.29) is 0 Å². The first kappa shape index (κ1) is 18.9. The van der Waals surface area contributed by atoms with Gasteiger partial charge in [0.1, 0.15) is 0 Å². The Kier molecular flexibility index (Phi) is 9.46. The summed E-state index contributed by atoms with van der Waals surface area (Å²) in [5, 5.41) is 0. The summed E-state index contributed by atoms with van der Waals surface area (Å²) >= 11 is -2.32. The number of hydrogen-bond acceptors (Lipinski definition) is 1. The molecule has 120 valence electrons. The molecule has 0 aliphatic carbocycles. The summed E-state index contributed by atoms with van der Waals surface area (Å²) in [5.74, 6) is 1.18. The van der Waals surface area contributed by atoms with Crippen molar-refractivity contribution in [3.8, 4) is 5.75 Å². The van der Waals surface area contributed by atoms with Gasteiger partial charge >= 0.3 is 136 Å². The number of rotatable bonds is 11. The van der Waals surface area contributed by atoms with Gasteiger partial charge in [0, 0.05) is 0 Å². The van der Waals surface area contributed by atoms with E-state index in [4.69, 9.17) is 4.74 Å². The molecule has 1 rings (SSSR count). The molecule has 0 unspecified atom stereocenters. The topological polar surface area (TPSA) is 9.23 Å². The Morgan fingerprint density at radius 1 is 0.810 bits per heavy atom. The molecule has 21 heavy (non-hydrogen) atoms. The molecule has 0 heterocycles. The molecule has 1 aromatic rings. The van der Waals surface area contributed by atoms with E-state index in [1.54, 1.807) is 3.58 Å². The van der Waals surface area contributed by atoms with Crippen LogP contribution in [0.5, 0.6) is 5.75 Å². The molecular weight excluding hydrogens is 363 g/mol. The van der Waals surface area contributed by atoms with Gasteiger partial charge in [-0.15, -0.1) is 0 Å². The summed E-state index contributed by atoms with van der Waals surface area (Å²) < 4.78 is 11.9. The van der Waals surface area contributed by atoms with Gasteiger partial charge in [0.2, 0.25) is 0 Å². The number of ether oxygens (including phenoxy) is 1. The van der Waals surface area contributed by atoms with Crippen molar-refractivity contribution in [3.63, 3.8) is 0 Å². The van der Waals surface area contributed by atoms with Gasteiger partial charge in [0.15, 0.2) is 0 Å². The first-order valence-electron chi connectivity index (χ1n) is 8.87. The molecule has 2 heteroatoms. The fourth-order valence-corrected chi connectivity index (χ4v) is 20.0. The van der Waals surface area contributed by atoms with Crippen LogP contribution in [-0.2, 0) is 0 Å². The van der Waals surface area contributed by atoms with Gasteiger partial charge in [-0.2, -0.15) is 0 Å². The predicted octanol–water partition coefficient (Wildman–Crippen LogP) is 5.75. The molecule has 1 nitrogen and oxygen atoms in total. The molecule has 0 radical (unpaired) electrons. The second-order valence-electron chi connectivity index (χ2n) is 6.29. The minimum absolute atomic E-state index is 1.18. The van der Waals surface area contributed by atoms with Gasteiger partial charge < -0.3 is 0 Å². The molecule has 1 aromatic carbocycles. The number of hydrogen-bond donors (Lipinski definition) is 0. The molecule has 0 N–H and O–H groups in total. The van der Waals surface area contributed by atoms with E-state index in [0.717, 1.165) is 0 Å². The Balaban J connectivity index is 3.16. The zero-order valence-electron chi connectivity index (χ0n) is 14.6. The Hall–Kier alpha value is -0.181. The van der Waals surface area contributed by atoms with Crippen LogP contribution in [0.1, 0.15) is 59.3 Å². The Morgan fingerprint density at radius 2 is 1.29 bits per heavy atom. The molecule has 0 aromatic heterocycles. The number of para-hydroxylation sites is 1. The van der Waals surface area contributed by atoms with Gasteiger partial charge in [0.25, 0.3) is 0 Å².